The van der Waals surface area contributed by atoms with Crippen molar-refractivity contribution in [3.8, 4) is 11.3 Å². The van der Waals surface area contributed by atoms with Gasteiger partial charge < -0.3 is 11.1 Å². The number of H-pyrrole nitrogens is 1. The number of halogens is 1. The number of carbonyl (C=O) groups is 1. The van der Waals surface area contributed by atoms with Gasteiger partial charge in [0.05, 0.1) is 5.69 Å². The number of nitrogens with two attached hydrogens (primary N) is 1. The number of nitrogens with zero attached hydrogens (tertiary/aromatic N) is 1. The lowest BCUT2D eigenvalue weighted by Crippen LogP contribution is -2.36. The van der Waals surface area contributed by atoms with E-state index in [2.05, 4.69) is 15.5 Å². The third-order valence-electron chi connectivity index (χ3n) is 4.84. The SMILES string of the molecule is Cl.NCC1(CC(=O)Nc2cccc(-c3ccn[nH]3)c2)CCCCC1. The Morgan fingerprint density at radius 2 is 2.04 bits per heavy atom. The molecule has 5 nitrogen and oxygen atoms in total. The monoisotopic (exact) mass is 348 g/mol. The van der Waals surface area contributed by atoms with Crippen LogP contribution in [-0.4, -0.2) is 22.6 Å². The number of hydrogen-bond donors (Lipinski definition) is 3. The van der Waals surface area contributed by atoms with Crippen LogP contribution in [0, 0.1) is 5.41 Å². The first-order chi connectivity index (χ1) is 11.2. The zero-order chi connectivity index (χ0) is 16.1. The summed E-state index contributed by atoms with van der Waals surface area (Å²) in [6.45, 7) is 0.592. The predicted octanol–water partition coefficient (Wildman–Crippen LogP) is 3.74. The van der Waals surface area contributed by atoms with Gasteiger partial charge in [0.15, 0.2) is 0 Å². The Morgan fingerprint density at radius 3 is 2.71 bits per heavy atom. The Balaban J connectivity index is 0.00000208. The molecule has 0 saturated heterocycles. The fraction of sp³-hybridized carbons (Fsp3) is 0.444. The van der Waals surface area contributed by atoms with Gasteiger partial charge in [0.25, 0.3) is 0 Å². The molecule has 0 spiro atoms. The van der Waals surface area contributed by atoms with Crippen LogP contribution in [0.25, 0.3) is 11.3 Å². The molecule has 0 bridgehead atoms. The molecular formula is C18H25ClN4O. The number of carbonyl (C=O) groups excluding carboxylic acids is 1. The normalized spacial score (nSPS) is 16.2. The number of amides is 1. The summed E-state index contributed by atoms with van der Waals surface area (Å²) in [5.74, 6) is 0.0547. The van der Waals surface area contributed by atoms with Gasteiger partial charge in [-0.05, 0) is 43.0 Å². The van der Waals surface area contributed by atoms with Crippen LogP contribution >= 0.6 is 12.4 Å². The summed E-state index contributed by atoms with van der Waals surface area (Å²) in [5.41, 5.74) is 8.72. The Morgan fingerprint density at radius 1 is 1.25 bits per heavy atom. The third-order valence-corrected chi connectivity index (χ3v) is 4.84. The van der Waals surface area contributed by atoms with Gasteiger partial charge in [0, 0.05) is 23.9 Å². The van der Waals surface area contributed by atoms with Crippen molar-refractivity contribution in [3.05, 3.63) is 36.5 Å². The van der Waals surface area contributed by atoms with E-state index >= 15 is 0 Å². The summed E-state index contributed by atoms with van der Waals surface area (Å²) in [6, 6.07) is 9.71. The zero-order valence-electron chi connectivity index (χ0n) is 13.8. The van der Waals surface area contributed by atoms with Crippen LogP contribution in [0.2, 0.25) is 0 Å². The molecule has 1 aromatic heterocycles. The number of aromatic nitrogens is 2. The lowest BCUT2D eigenvalue weighted by molar-refractivity contribution is -0.118. The van der Waals surface area contributed by atoms with Crippen molar-refractivity contribution in [1.29, 1.82) is 0 Å². The molecule has 1 saturated carbocycles. The highest BCUT2D eigenvalue weighted by molar-refractivity contribution is 5.91. The topological polar surface area (TPSA) is 83.8 Å². The van der Waals surface area contributed by atoms with E-state index in [1.807, 2.05) is 30.3 Å². The van der Waals surface area contributed by atoms with Crippen LogP contribution in [0.1, 0.15) is 38.5 Å². The van der Waals surface area contributed by atoms with Crippen molar-refractivity contribution in [1.82, 2.24) is 10.2 Å². The Kier molecular flexibility index (Phi) is 6.40. The Labute approximate surface area is 148 Å². The number of hydrogen-bond acceptors (Lipinski definition) is 3. The Bertz CT molecular complexity index is 651. The second-order valence-corrected chi connectivity index (χ2v) is 6.54. The maximum atomic E-state index is 12.5. The molecule has 24 heavy (non-hydrogen) atoms. The minimum atomic E-state index is -0.0106. The fourth-order valence-electron chi connectivity index (χ4n) is 3.48. The van der Waals surface area contributed by atoms with Crippen LogP contribution in [0.3, 0.4) is 0 Å². The van der Waals surface area contributed by atoms with Crippen molar-refractivity contribution < 1.29 is 4.79 Å². The van der Waals surface area contributed by atoms with Gasteiger partial charge in [-0.15, -0.1) is 12.4 Å². The molecule has 0 radical (unpaired) electrons. The summed E-state index contributed by atoms with van der Waals surface area (Å²) < 4.78 is 0. The van der Waals surface area contributed by atoms with Crippen LogP contribution in [0.15, 0.2) is 36.5 Å². The molecule has 1 aromatic carbocycles. The summed E-state index contributed by atoms with van der Waals surface area (Å²) in [7, 11) is 0. The molecule has 1 aliphatic rings. The van der Waals surface area contributed by atoms with Gasteiger partial charge >= 0.3 is 0 Å². The minimum Gasteiger partial charge on any atom is -0.330 e. The quantitative estimate of drug-likeness (QED) is 0.769. The van der Waals surface area contributed by atoms with E-state index in [1.165, 1.54) is 19.3 Å². The minimum absolute atomic E-state index is 0. The number of anilines is 1. The molecule has 2 aromatic rings. The maximum Gasteiger partial charge on any atom is 0.224 e. The standard InChI is InChI=1S/C18H24N4O.ClH/c19-13-18(8-2-1-3-9-18)12-17(23)21-15-6-4-5-14(11-15)16-7-10-20-22-16;/h4-7,10-11H,1-3,8-9,12-13,19H2,(H,20,22)(H,21,23);1H. The fourth-order valence-corrected chi connectivity index (χ4v) is 3.48. The lowest BCUT2D eigenvalue weighted by atomic mass is 9.71. The van der Waals surface area contributed by atoms with E-state index in [0.717, 1.165) is 29.8 Å². The summed E-state index contributed by atoms with van der Waals surface area (Å²) >= 11 is 0. The van der Waals surface area contributed by atoms with Gasteiger partial charge in [0.2, 0.25) is 5.91 Å². The molecule has 6 heteroatoms. The predicted molar refractivity (Wildman–Crippen MR) is 99.1 cm³/mol. The number of nitrogens with one attached hydrogen (secondary N) is 2. The zero-order valence-corrected chi connectivity index (χ0v) is 14.6. The van der Waals surface area contributed by atoms with Gasteiger partial charge in [-0.25, -0.2) is 0 Å². The van der Waals surface area contributed by atoms with E-state index in [9.17, 15) is 4.79 Å². The first-order valence-corrected chi connectivity index (χ1v) is 8.31. The average molecular weight is 349 g/mol. The molecule has 0 unspecified atom stereocenters. The van der Waals surface area contributed by atoms with E-state index < -0.39 is 0 Å². The van der Waals surface area contributed by atoms with Crippen molar-refractivity contribution in [2.45, 2.75) is 38.5 Å². The van der Waals surface area contributed by atoms with Gasteiger partial charge in [-0.2, -0.15) is 5.10 Å². The number of rotatable bonds is 5. The summed E-state index contributed by atoms with van der Waals surface area (Å²) in [6.07, 6.45) is 7.97. The Hall–Kier alpha value is -1.85. The van der Waals surface area contributed by atoms with Gasteiger partial charge in [0.1, 0.15) is 0 Å². The molecule has 130 valence electrons. The van der Waals surface area contributed by atoms with Gasteiger partial charge in [-0.1, -0.05) is 31.4 Å². The highest BCUT2D eigenvalue weighted by Gasteiger charge is 2.32. The second-order valence-electron chi connectivity index (χ2n) is 6.54. The lowest BCUT2D eigenvalue weighted by Gasteiger charge is -2.35. The van der Waals surface area contributed by atoms with Crippen LogP contribution in [0.5, 0.6) is 0 Å². The largest absolute Gasteiger partial charge is 0.330 e. The van der Waals surface area contributed by atoms with Crippen molar-refractivity contribution >= 4 is 24.0 Å². The maximum absolute atomic E-state index is 12.5. The van der Waals surface area contributed by atoms with E-state index in [4.69, 9.17) is 5.73 Å². The molecule has 0 atom stereocenters. The second kappa shape index (κ2) is 8.31. The highest BCUT2D eigenvalue weighted by atomic mass is 35.5. The van der Waals surface area contributed by atoms with Crippen LogP contribution < -0.4 is 11.1 Å². The molecule has 1 amide bonds. The van der Waals surface area contributed by atoms with Crippen molar-refractivity contribution in [2.75, 3.05) is 11.9 Å². The number of aromatic amines is 1. The molecule has 1 heterocycles. The number of benzene rings is 1. The van der Waals surface area contributed by atoms with E-state index in [1.54, 1.807) is 6.20 Å². The van der Waals surface area contributed by atoms with E-state index in [0.29, 0.717) is 13.0 Å². The molecule has 0 aliphatic heterocycles. The molecule has 4 N–H and O–H groups in total. The summed E-state index contributed by atoms with van der Waals surface area (Å²) in [4.78, 5) is 12.5. The van der Waals surface area contributed by atoms with Crippen molar-refractivity contribution in [3.63, 3.8) is 0 Å². The average Bonchev–Trinajstić information content (AvgIpc) is 3.10. The third kappa shape index (κ3) is 4.36. The summed E-state index contributed by atoms with van der Waals surface area (Å²) in [5, 5.41) is 9.92. The first-order valence-electron chi connectivity index (χ1n) is 8.31. The van der Waals surface area contributed by atoms with E-state index in [-0.39, 0.29) is 23.7 Å². The molecular weight excluding hydrogens is 324 g/mol. The van der Waals surface area contributed by atoms with Gasteiger partial charge in [-0.3, -0.25) is 9.89 Å². The molecule has 1 fully saturated rings. The molecule has 3 rings (SSSR count). The van der Waals surface area contributed by atoms with Crippen molar-refractivity contribution in [2.24, 2.45) is 11.1 Å². The van der Waals surface area contributed by atoms with Crippen LogP contribution in [-0.2, 0) is 4.79 Å². The molecule has 1 aliphatic carbocycles. The smallest absolute Gasteiger partial charge is 0.224 e. The highest BCUT2D eigenvalue weighted by Crippen LogP contribution is 2.38. The van der Waals surface area contributed by atoms with Crippen LogP contribution in [0.4, 0.5) is 5.69 Å². The first kappa shape index (κ1) is 18.5.